The number of sulfonamides is 1. The van der Waals surface area contributed by atoms with Crippen molar-refractivity contribution in [3.8, 4) is 0 Å². The smallest absolute Gasteiger partial charge is 0.234 e. The van der Waals surface area contributed by atoms with Gasteiger partial charge in [-0.2, -0.15) is 0 Å². The minimum atomic E-state index is -3.12. The van der Waals surface area contributed by atoms with Crippen molar-refractivity contribution in [2.45, 2.75) is 26.3 Å². The van der Waals surface area contributed by atoms with E-state index >= 15 is 0 Å². The molecule has 1 aliphatic heterocycles. The highest BCUT2D eigenvalue weighted by atomic mass is 32.2. The van der Waals surface area contributed by atoms with E-state index in [-0.39, 0.29) is 11.8 Å². The van der Waals surface area contributed by atoms with Gasteiger partial charge in [0, 0.05) is 12.2 Å². The molecule has 0 spiro atoms. The van der Waals surface area contributed by atoms with E-state index in [0.717, 1.165) is 12.0 Å². The van der Waals surface area contributed by atoms with Crippen LogP contribution in [0, 0.1) is 0 Å². The molecule has 1 aliphatic rings. The summed E-state index contributed by atoms with van der Waals surface area (Å²) >= 11 is 0. The zero-order valence-electron chi connectivity index (χ0n) is 9.18. The molecule has 0 bridgehead atoms. The van der Waals surface area contributed by atoms with Crippen molar-refractivity contribution in [3.63, 3.8) is 0 Å². The molecule has 4 nitrogen and oxygen atoms in total. The molecule has 0 fully saturated rings. The molecule has 1 atom stereocenters. The summed E-state index contributed by atoms with van der Waals surface area (Å²) in [5.41, 5.74) is 6.86. The van der Waals surface area contributed by atoms with Gasteiger partial charge in [-0.3, -0.25) is 4.31 Å². The van der Waals surface area contributed by atoms with E-state index in [1.807, 2.05) is 13.0 Å². The maximum atomic E-state index is 11.5. The van der Waals surface area contributed by atoms with Crippen LogP contribution in [0.4, 0.5) is 0 Å². The molecule has 0 saturated carbocycles. The topological polar surface area (TPSA) is 63.4 Å². The normalized spacial score (nSPS) is 18.9. The largest absolute Gasteiger partial charge is 0.324 e. The summed E-state index contributed by atoms with van der Waals surface area (Å²) in [4.78, 5) is 0. The number of nitrogens with two attached hydrogens (primary N) is 1. The van der Waals surface area contributed by atoms with Gasteiger partial charge in [0.2, 0.25) is 10.0 Å². The van der Waals surface area contributed by atoms with E-state index in [2.05, 4.69) is 0 Å². The highest BCUT2D eigenvalue weighted by Gasteiger charge is 2.18. The van der Waals surface area contributed by atoms with Crippen LogP contribution < -0.4 is 5.73 Å². The molecule has 0 saturated heterocycles. The Hall–Kier alpha value is -0.810. The molecule has 0 radical (unpaired) electrons. The van der Waals surface area contributed by atoms with E-state index in [4.69, 9.17) is 5.73 Å². The number of rotatable bonds is 4. The summed E-state index contributed by atoms with van der Waals surface area (Å²) in [6, 6.07) is 0.00716. The van der Waals surface area contributed by atoms with Gasteiger partial charge in [-0.05, 0) is 25.0 Å². The Morgan fingerprint density at radius 2 is 2.20 bits per heavy atom. The lowest BCUT2D eigenvalue weighted by atomic mass is 10.0. The monoisotopic (exact) mass is 230 g/mol. The third kappa shape index (κ3) is 2.82. The van der Waals surface area contributed by atoms with Crippen molar-refractivity contribution < 1.29 is 8.42 Å². The van der Waals surface area contributed by atoms with E-state index in [0.29, 0.717) is 6.54 Å². The van der Waals surface area contributed by atoms with E-state index < -0.39 is 10.0 Å². The second kappa shape index (κ2) is 4.81. The summed E-state index contributed by atoms with van der Waals surface area (Å²) in [7, 11) is -3.12. The second-order valence-corrected chi connectivity index (χ2v) is 5.72. The van der Waals surface area contributed by atoms with Gasteiger partial charge in [-0.25, -0.2) is 8.42 Å². The number of hydrogen-bond acceptors (Lipinski definition) is 3. The predicted octanol–water partition coefficient (Wildman–Crippen LogP) is 0.829. The zero-order valence-corrected chi connectivity index (χ0v) is 10.00. The van der Waals surface area contributed by atoms with Gasteiger partial charge in [-0.1, -0.05) is 13.0 Å². The average molecular weight is 230 g/mol. The van der Waals surface area contributed by atoms with Crippen LogP contribution in [0.15, 0.2) is 23.9 Å². The van der Waals surface area contributed by atoms with Gasteiger partial charge >= 0.3 is 0 Å². The summed E-state index contributed by atoms with van der Waals surface area (Å²) in [5.74, 6) is 0.125. The van der Waals surface area contributed by atoms with Crippen molar-refractivity contribution >= 4 is 10.0 Å². The lowest BCUT2D eigenvalue weighted by Crippen LogP contribution is -2.31. The van der Waals surface area contributed by atoms with Gasteiger partial charge in [0.1, 0.15) is 0 Å². The first-order chi connectivity index (χ1) is 7.01. The van der Waals surface area contributed by atoms with Crippen LogP contribution in [0.2, 0.25) is 0 Å². The summed E-state index contributed by atoms with van der Waals surface area (Å²) in [6.45, 7) is 4.05. The molecule has 15 heavy (non-hydrogen) atoms. The molecule has 0 aromatic heterocycles. The molecule has 2 N–H and O–H groups in total. The Labute approximate surface area is 91.5 Å². The number of hydrogen-bond donors (Lipinski definition) is 1. The summed E-state index contributed by atoms with van der Waals surface area (Å²) < 4.78 is 24.4. The maximum Gasteiger partial charge on any atom is 0.234 e. The molecule has 0 unspecified atom stereocenters. The molecule has 86 valence electrons. The van der Waals surface area contributed by atoms with Crippen molar-refractivity contribution in [1.82, 2.24) is 4.31 Å². The van der Waals surface area contributed by atoms with Crippen LogP contribution in [0.25, 0.3) is 0 Å². The fourth-order valence-corrected chi connectivity index (χ4v) is 2.26. The molecule has 5 heteroatoms. The average Bonchev–Trinajstić information content (AvgIpc) is 2.28. The third-order valence-electron chi connectivity index (χ3n) is 2.53. The van der Waals surface area contributed by atoms with E-state index in [1.165, 1.54) is 4.31 Å². The van der Waals surface area contributed by atoms with Crippen molar-refractivity contribution in [2.24, 2.45) is 5.73 Å². The first kappa shape index (κ1) is 12.3. The fourth-order valence-electron chi connectivity index (χ4n) is 1.38. The second-order valence-electron chi connectivity index (χ2n) is 3.50. The van der Waals surface area contributed by atoms with Gasteiger partial charge in [0.25, 0.3) is 0 Å². The van der Waals surface area contributed by atoms with Crippen LogP contribution in [0.1, 0.15) is 20.3 Å². The Kier molecular flexibility index (Phi) is 3.93. The van der Waals surface area contributed by atoms with Crippen LogP contribution in [-0.2, 0) is 10.0 Å². The molecule has 0 amide bonds. The predicted molar refractivity (Wildman–Crippen MR) is 61.7 cm³/mol. The highest BCUT2D eigenvalue weighted by molar-refractivity contribution is 7.89. The Balaban J connectivity index is 2.72. The minimum Gasteiger partial charge on any atom is -0.324 e. The van der Waals surface area contributed by atoms with E-state index in [9.17, 15) is 8.42 Å². The summed E-state index contributed by atoms with van der Waals surface area (Å²) in [5, 5.41) is 0. The Morgan fingerprint density at radius 1 is 1.53 bits per heavy atom. The van der Waals surface area contributed by atoms with Gasteiger partial charge in [0.05, 0.1) is 12.3 Å². The SMILES string of the molecule is CC[C@H](N)C1=CCN(S(=O)(=O)CC)C=C1. The van der Waals surface area contributed by atoms with Crippen molar-refractivity contribution in [2.75, 3.05) is 12.3 Å². The molecule has 1 heterocycles. The Morgan fingerprint density at radius 3 is 2.60 bits per heavy atom. The van der Waals surface area contributed by atoms with E-state index in [1.54, 1.807) is 19.2 Å². The quantitative estimate of drug-likeness (QED) is 0.778. The lowest BCUT2D eigenvalue weighted by Gasteiger charge is -2.23. The molecule has 0 aliphatic carbocycles. The van der Waals surface area contributed by atoms with Crippen molar-refractivity contribution in [1.29, 1.82) is 0 Å². The molecule has 0 aromatic carbocycles. The highest BCUT2D eigenvalue weighted by Crippen LogP contribution is 2.14. The van der Waals surface area contributed by atoms with Crippen LogP contribution >= 0.6 is 0 Å². The van der Waals surface area contributed by atoms with Crippen molar-refractivity contribution in [3.05, 3.63) is 23.9 Å². The molecular formula is C10H18N2O2S. The first-order valence-electron chi connectivity index (χ1n) is 5.14. The van der Waals surface area contributed by atoms with Gasteiger partial charge in [0.15, 0.2) is 0 Å². The Bertz CT molecular complexity index is 371. The first-order valence-corrected chi connectivity index (χ1v) is 6.75. The van der Waals surface area contributed by atoms with Crippen LogP contribution in [-0.4, -0.2) is 31.1 Å². The molecule has 0 aromatic rings. The number of nitrogens with zero attached hydrogens (tertiary/aromatic N) is 1. The molecular weight excluding hydrogens is 212 g/mol. The summed E-state index contributed by atoms with van der Waals surface area (Å²) in [6.07, 6.45) is 6.12. The van der Waals surface area contributed by atoms with Gasteiger partial charge < -0.3 is 5.73 Å². The maximum absolute atomic E-state index is 11.5. The molecule has 1 rings (SSSR count). The fraction of sp³-hybridized carbons (Fsp3) is 0.600. The van der Waals surface area contributed by atoms with Crippen LogP contribution in [0.3, 0.4) is 0 Å². The van der Waals surface area contributed by atoms with Crippen LogP contribution in [0.5, 0.6) is 0 Å². The zero-order chi connectivity index (χ0) is 11.5. The van der Waals surface area contributed by atoms with Gasteiger partial charge in [-0.15, -0.1) is 0 Å². The standard InChI is InChI=1S/C10H18N2O2S/c1-3-10(11)9-5-7-12(8-6-9)15(13,14)4-2/h5-7,10H,3-4,8,11H2,1-2H3/t10-/m0/s1. The third-order valence-corrected chi connectivity index (χ3v) is 4.25. The minimum absolute atomic E-state index is 0.00716. The lowest BCUT2D eigenvalue weighted by molar-refractivity contribution is 0.519.